The van der Waals surface area contributed by atoms with Crippen molar-refractivity contribution in [3.63, 3.8) is 0 Å². The average molecular weight is 157 g/mol. The van der Waals surface area contributed by atoms with E-state index >= 15 is 0 Å². The molecule has 0 fully saturated rings. The molecule has 0 heterocycles. The van der Waals surface area contributed by atoms with Gasteiger partial charge in [0.15, 0.2) is 0 Å². The molecule has 0 aromatic carbocycles. The van der Waals surface area contributed by atoms with E-state index in [0.717, 1.165) is 0 Å². The Morgan fingerprint density at radius 2 is 2.36 bits per heavy atom. The summed E-state index contributed by atoms with van der Waals surface area (Å²) in [5, 5.41) is 0. The first-order valence-corrected chi connectivity index (χ1v) is 3.59. The van der Waals surface area contributed by atoms with Gasteiger partial charge in [0.1, 0.15) is 5.54 Å². The zero-order valence-corrected chi connectivity index (χ0v) is 7.09. The first kappa shape index (κ1) is 10.2. The number of esters is 1. The van der Waals surface area contributed by atoms with Crippen molar-refractivity contribution in [3.05, 3.63) is 12.7 Å². The fourth-order valence-corrected chi connectivity index (χ4v) is 0.833. The minimum atomic E-state index is -0.878. The molecule has 0 aliphatic rings. The van der Waals surface area contributed by atoms with Gasteiger partial charge in [-0.1, -0.05) is 13.0 Å². The molecule has 0 aliphatic heterocycles. The fraction of sp³-hybridized carbons (Fsp3) is 0.625. The van der Waals surface area contributed by atoms with Gasteiger partial charge in [-0.05, 0) is 12.8 Å². The van der Waals surface area contributed by atoms with Gasteiger partial charge in [0.2, 0.25) is 0 Å². The molecule has 1 atom stereocenters. The van der Waals surface area contributed by atoms with Crippen LogP contribution in [0.1, 0.15) is 19.8 Å². The van der Waals surface area contributed by atoms with Gasteiger partial charge in [0.25, 0.3) is 0 Å². The van der Waals surface area contributed by atoms with Crippen molar-refractivity contribution >= 4 is 5.97 Å². The van der Waals surface area contributed by atoms with Gasteiger partial charge in [0.05, 0.1) is 7.11 Å². The van der Waals surface area contributed by atoms with Crippen LogP contribution < -0.4 is 5.73 Å². The minimum absolute atomic E-state index is 0.375. The summed E-state index contributed by atoms with van der Waals surface area (Å²) in [5.74, 6) is -0.375. The maximum absolute atomic E-state index is 11.1. The predicted molar refractivity (Wildman–Crippen MR) is 44.0 cm³/mol. The molecule has 64 valence electrons. The molecular weight excluding hydrogens is 142 g/mol. The van der Waals surface area contributed by atoms with E-state index in [1.165, 1.54) is 7.11 Å². The zero-order valence-electron chi connectivity index (χ0n) is 7.09. The Hall–Kier alpha value is -0.830. The highest BCUT2D eigenvalue weighted by atomic mass is 16.5. The number of carbonyl (C=O) groups is 1. The summed E-state index contributed by atoms with van der Waals surface area (Å²) < 4.78 is 4.55. The molecule has 0 radical (unpaired) electrons. The third-order valence-corrected chi connectivity index (χ3v) is 1.73. The van der Waals surface area contributed by atoms with Crippen molar-refractivity contribution in [1.82, 2.24) is 0 Å². The van der Waals surface area contributed by atoms with Crippen molar-refractivity contribution in [2.45, 2.75) is 25.3 Å². The lowest BCUT2D eigenvalue weighted by Crippen LogP contribution is -2.47. The molecule has 0 amide bonds. The number of ether oxygens (including phenoxy) is 1. The van der Waals surface area contributed by atoms with Crippen LogP contribution in [0.4, 0.5) is 0 Å². The number of hydrogen-bond donors (Lipinski definition) is 1. The lowest BCUT2D eigenvalue weighted by molar-refractivity contribution is -0.147. The van der Waals surface area contributed by atoms with E-state index in [4.69, 9.17) is 5.73 Å². The van der Waals surface area contributed by atoms with E-state index < -0.39 is 5.54 Å². The molecule has 0 saturated heterocycles. The molecule has 3 heteroatoms. The van der Waals surface area contributed by atoms with E-state index in [1.54, 1.807) is 6.08 Å². The van der Waals surface area contributed by atoms with Crippen molar-refractivity contribution in [2.24, 2.45) is 5.73 Å². The highest BCUT2D eigenvalue weighted by molar-refractivity contribution is 5.80. The van der Waals surface area contributed by atoms with Crippen LogP contribution in [0.25, 0.3) is 0 Å². The summed E-state index contributed by atoms with van der Waals surface area (Å²) in [7, 11) is 1.34. The quantitative estimate of drug-likeness (QED) is 0.486. The lowest BCUT2D eigenvalue weighted by atomic mass is 9.94. The third kappa shape index (κ3) is 2.35. The summed E-state index contributed by atoms with van der Waals surface area (Å²) >= 11 is 0. The molecule has 0 aromatic heterocycles. The number of nitrogens with two attached hydrogens (primary N) is 1. The zero-order chi connectivity index (χ0) is 8.91. The Bertz CT molecular complexity index is 156. The number of rotatable bonds is 4. The Morgan fingerprint density at radius 3 is 2.64 bits per heavy atom. The molecule has 2 N–H and O–H groups in total. The van der Waals surface area contributed by atoms with Crippen molar-refractivity contribution < 1.29 is 9.53 Å². The topological polar surface area (TPSA) is 52.3 Å². The second-order valence-corrected chi connectivity index (χ2v) is 2.49. The lowest BCUT2D eigenvalue weighted by Gasteiger charge is -2.22. The summed E-state index contributed by atoms with van der Waals surface area (Å²) in [6.07, 6.45) is 2.64. The Kier molecular flexibility index (Phi) is 3.82. The van der Waals surface area contributed by atoms with Crippen LogP contribution in [0.2, 0.25) is 0 Å². The van der Waals surface area contributed by atoms with E-state index in [9.17, 15) is 4.79 Å². The van der Waals surface area contributed by atoms with E-state index in [1.807, 2.05) is 6.92 Å². The maximum Gasteiger partial charge on any atom is 0.326 e. The summed E-state index contributed by atoms with van der Waals surface area (Å²) in [5.41, 5.74) is 4.84. The monoisotopic (exact) mass is 157 g/mol. The molecule has 0 unspecified atom stereocenters. The summed E-state index contributed by atoms with van der Waals surface area (Å²) in [6.45, 7) is 5.37. The van der Waals surface area contributed by atoms with Crippen LogP contribution in [0.15, 0.2) is 12.7 Å². The summed E-state index contributed by atoms with van der Waals surface area (Å²) in [4.78, 5) is 11.1. The second-order valence-electron chi connectivity index (χ2n) is 2.49. The number of methoxy groups -OCH3 is 1. The normalized spacial score (nSPS) is 15.2. The van der Waals surface area contributed by atoms with Crippen LogP contribution in [0.5, 0.6) is 0 Å². The molecule has 0 saturated carbocycles. The first-order valence-electron chi connectivity index (χ1n) is 3.59. The Morgan fingerprint density at radius 1 is 1.82 bits per heavy atom. The van der Waals surface area contributed by atoms with E-state index in [-0.39, 0.29) is 5.97 Å². The van der Waals surface area contributed by atoms with Gasteiger partial charge < -0.3 is 10.5 Å². The predicted octanol–water partition coefficient (Wildman–Crippen LogP) is 0.843. The Labute approximate surface area is 67.2 Å². The van der Waals surface area contributed by atoms with E-state index in [0.29, 0.717) is 12.8 Å². The number of hydrogen-bond acceptors (Lipinski definition) is 3. The molecule has 0 bridgehead atoms. The van der Waals surface area contributed by atoms with E-state index in [2.05, 4.69) is 11.3 Å². The van der Waals surface area contributed by atoms with Crippen molar-refractivity contribution in [3.8, 4) is 0 Å². The van der Waals surface area contributed by atoms with Crippen LogP contribution >= 0.6 is 0 Å². The van der Waals surface area contributed by atoms with Crippen LogP contribution in [0.3, 0.4) is 0 Å². The fourth-order valence-electron chi connectivity index (χ4n) is 0.833. The molecule has 0 aliphatic carbocycles. The van der Waals surface area contributed by atoms with Crippen LogP contribution in [-0.4, -0.2) is 18.6 Å². The van der Waals surface area contributed by atoms with Crippen LogP contribution in [0, 0.1) is 0 Å². The van der Waals surface area contributed by atoms with Gasteiger partial charge in [0, 0.05) is 0 Å². The smallest absolute Gasteiger partial charge is 0.326 e. The van der Waals surface area contributed by atoms with Gasteiger partial charge in [-0.15, -0.1) is 6.58 Å². The molecule has 3 nitrogen and oxygen atoms in total. The molecule has 0 spiro atoms. The number of carbonyl (C=O) groups excluding carboxylic acids is 1. The highest BCUT2D eigenvalue weighted by Crippen LogP contribution is 2.13. The molecular formula is C8H15NO2. The maximum atomic E-state index is 11.1. The van der Waals surface area contributed by atoms with Crippen LogP contribution in [-0.2, 0) is 9.53 Å². The molecule has 0 aromatic rings. The van der Waals surface area contributed by atoms with Gasteiger partial charge in [-0.3, -0.25) is 4.79 Å². The third-order valence-electron chi connectivity index (χ3n) is 1.73. The molecule has 0 rings (SSSR count). The molecule has 11 heavy (non-hydrogen) atoms. The highest BCUT2D eigenvalue weighted by Gasteiger charge is 2.31. The summed E-state index contributed by atoms with van der Waals surface area (Å²) in [6, 6.07) is 0. The standard InChI is InChI=1S/C8H15NO2/c1-4-6-8(9,5-2)7(10)11-3/h4H,1,5-6,9H2,2-3H3/t8-/m1/s1. The van der Waals surface area contributed by atoms with Gasteiger partial charge in [-0.25, -0.2) is 0 Å². The SMILES string of the molecule is C=CC[C@](N)(CC)C(=O)OC. The van der Waals surface area contributed by atoms with Gasteiger partial charge >= 0.3 is 5.97 Å². The largest absolute Gasteiger partial charge is 0.468 e. The Balaban J connectivity index is 4.31. The average Bonchev–Trinajstić information content (AvgIpc) is 2.03. The first-order chi connectivity index (χ1) is 5.10. The van der Waals surface area contributed by atoms with Gasteiger partial charge in [-0.2, -0.15) is 0 Å². The van der Waals surface area contributed by atoms with Crippen molar-refractivity contribution in [1.29, 1.82) is 0 Å². The second kappa shape index (κ2) is 4.13. The minimum Gasteiger partial charge on any atom is -0.468 e. The van der Waals surface area contributed by atoms with Crippen molar-refractivity contribution in [2.75, 3.05) is 7.11 Å².